The van der Waals surface area contributed by atoms with Gasteiger partial charge in [0, 0.05) is 4.47 Å². The van der Waals surface area contributed by atoms with Gasteiger partial charge in [0.25, 0.3) is 0 Å². The summed E-state index contributed by atoms with van der Waals surface area (Å²) in [5, 5.41) is 9.12. The highest BCUT2D eigenvalue weighted by Crippen LogP contribution is 2.27. The summed E-state index contributed by atoms with van der Waals surface area (Å²) in [6.45, 7) is 0. The fourth-order valence-corrected chi connectivity index (χ4v) is 2.34. The van der Waals surface area contributed by atoms with Crippen molar-refractivity contribution < 1.29 is 0 Å². The maximum atomic E-state index is 8.61. The number of para-hydroxylation sites is 1. The van der Waals surface area contributed by atoms with E-state index in [1.54, 1.807) is 0 Å². The van der Waals surface area contributed by atoms with Gasteiger partial charge in [-0.2, -0.15) is 5.26 Å². The lowest BCUT2D eigenvalue weighted by Crippen LogP contribution is -1.70. The number of aromatic nitrogens is 1. The Morgan fingerprint density at radius 3 is 3.00 bits per heavy atom. The first-order chi connectivity index (χ1) is 5.81. The van der Waals surface area contributed by atoms with Gasteiger partial charge in [-0.05, 0) is 28.1 Å². The SMILES string of the molecule is N#Cc1nc2c(Br)cccc2s1. The molecule has 0 atom stereocenters. The summed E-state index contributed by atoms with van der Waals surface area (Å²) in [7, 11) is 0. The number of rotatable bonds is 0. The molecule has 0 aliphatic carbocycles. The van der Waals surface area contributed by atoms with Crippen LogP contribution in [-0.2, 0) is 0 Å². The van der Waals surface area contributed by atoms with E-state index in [1.165, 1.54) is 11.3 Å². The molecule has 0 radical (unpaired) electrons. The van der Waals surface area contributed by atoms with Crippen LogP contribution in [0.25, 0.3) is 10.2 Å². The van der Waals surface area contributed by atoms with E-state index in [4.69, 9.17) is 5.26 Å². The molecule has 0 bridgehead atoms. The fraction of sp³-hybridized carbons (Fsp3) is 0. The summed E-state index contributed by atoms with van der Waals surface area (Å²) in [5.74, 6) is 0. The Morgan fingerprint density at radius 2 is 2.33 bits per heavy atom. The smallest absolute Gasteiger partial charge is 0.195 e. The van der Waals surface area contributed by atoms with Crippen molar-refractivity contribution in [3.8, 4) is 6.07 Å². The predicted molar refractivity (Wildman–Crippen MR) is 52.0 cm³/mol. The van der Waals surface area contributed by atoms with Crippen molar-refractivity contribution in [2.75, 3.05) is 0 Å². The van der Waals surface area contributed by atoms with Crippen LogP contribution in [0, 0.1) is 11.3 Å². The molecule has 1 aromatic carbocycles. The predicted octanol–water partition coefficient (Wildman–Crippen LogP) is 2.93. The summed E-state index contributed by atoms with van der Waals surface area (Å²) in [5.41, 5.74) is 0.874. The second-order valence-corrected chi connectivity index (χ2v) is 4.10. The Balaban J connectivity index is 2.85. The zero-order valence-corrected chi connectivity index (χ0v) is 8.32. The lowest BCUT2D eigenvalue weighted by molar-refractivity contribution is 1.40. The third-order valence-electron chi connectivity index (χ3n) is 1.47. The van der Waals surface area contributed by atoms with E-state index < -0.39 is 0 Å². The van der Waals surface area contributed by atoms with Crippen LogP contribution in [0.15, 0.2) is 22.7 Å². The molecule has 0 N–H and O–H groups in total. The van der Waals surface area contributed by atoms with Gasteiger partial charge in [0.2, 0.25) is 0 Å². The number of nitriles is 1. The van der Waals surface area contributed by atoms with Crippen LogP contribution >= 0.6 is 27.3 Å². The Hall–Kier alpha value is -0.920. The zero-order valence-electron chi connectivity index (χ0n) is 5.91. The quantitative estimate of drug-likeness (QED) is 0.708. The van der Waals surface area contributed by atoms with Crippen molar-refractivity contribution in [3.05, 3.63) is 27.7 Å². The van der Waals surface area contributed by atoms with Crippen molar-refractivity contribution in [2.24, 2.45) is 0 Å². The molecule has 0 saturated heterocycles. The van der Waals surface area contributed by atoms with E-state index in [1.807, 2.05) is 24.3 Å². The second-order valence-electron chi connectivity index (χ2n) is 2.22. The van der Waals surface area contributed by atoms with Crippen LogP contribution in [0.4, 0.5) is 0 Å². The second kappa shape index (κ2) is 2.85. The van der Waals surface area contributed by atoms with E-state index in [2.05, 4.69) is 20.9 Å². The van der Waals surface area contributed by atoms with Gasteiger partial charge in [-0.25, -0.2) is 4.98 Å². The molecule has 4 heteroatoms. The maximum Gasteiger partial charge on any atom is 0.195 e. The van der Waals surface area contributed by atoms with Gasteiger partial charge in [-0.3, -0.25) is 0 Å². The molecule has 0 saturated carbocycles. The minimum Gasteiger partial charge on any atom is -0.225 e. The Morgan fingerprint density at radius 1 is 1.50 bits per heavy atom. The number of hydrogen-bond acceptors (Lipinski definition) is 3. The van der Waals surface area contributed by atoms with Gasteiger partial charge in [0.15, 0.2) is 5.01 Å². The number of thiazole rings is 1. The number of halogens is 1. The van der Waals surface area contributed by atoms with Gasteiger partial charge >= 0.3 is 0 Å². The average Bonchev–Trinajstić information content (AvgIpc) is 2.49. The summed E-state index contributed by atoms with van der Waals surface area (Å²) in [4.78, 5) is 4.14. The van der Waals surface area contributed by atoms with Crippen LogP contribution < -0.4 is 0 Å². The van der Waals surface area contributed by atoms with Gasteiger partial charge in [0.1, 0.15) is 6.07 Å². The largest absolute Gasteiger partial charge is 0.225 e. The van der Waals surface area contributed by atoms with Crippen LogP contribution in [0.3, 0.4) is 0 Å². The third-order valence-corrected chi connectivity index (χ3v) is 3.03. The molecule has 1 aromatic heterocycles. The van der Waals surface area contributed by atoms with E-state index in [-0.39, 0.29) is 0 Å². The maximum absolute atomic E-state index is 8.61. The van der Waals surface area contributed by atoms with Gasteiger partial charge in [-0.1, -0.05) is 6.07 Å². The molecule has 2 rings (SSSR count). The van der Waals surface area contributed by atoms with Crippen LogP contribution in [0.2, 0.25) is 0 Å². The minimum atomic E-state index is 0.511. The van der Waals surface area contributed by atoms with Crippen molar-refractivity contribution in [2.45, 2.75) is 0 Å². The number of nitrogens with zero attached hydrogens (tertiary/aromatic N) is 2. The highest BCUT2D eigenvalue weighted by molar-refractivity contribution is 9.10. The fourth-order valence-electron chi connectivity index (χ4n) is 0.963. The minimum absolute atomic E-state index is 0.511. The third kappa shape index (κ3) is 1.11. The molecule has 0 spiro atoms. The van der Waals surface area contributed by atoms with Gasteiger partial charge in [0.05, 0.1) is 10.2 Å². The highest BCUT2D eigenvalue weighted by atomic mass is 79.9. The zero-order chi connectivity index (χ0) is 8.55. The molecule has 58 valence electrons. The molecule has 2 nitrogen and oxygen atoms in total. The van der Waals surface area contributed by atoms with Crippen LogP contribution in [0.5, 0.6) is 0 Å². The highest BCUT2D eigenvalue weighted by Gasteiger charge is 2.04. The molecule has 0 amide bonds. The van der Waals surface area contributed by atoms with Crippen LogP contribution in [0.1, 0.15) is 5.01 Å². The van der Waals surface area contributed by atoms with E-state index in [9.17, 15) is 0 Å². The van der Waals surface area contributed by atoms with E-state index in [0.717, 1.165) is 14.7 Å². The van der Waals surface area contributed by atoms with Gasteiger partial charge in [-0.15, -0.1) is 11.3 Å². The number of benzene rings is 1. The first-order valence-corrected chi connectivity index (χ1v) is 4.87. The lowest BCUT2D eigenvalue weighted by atomic mass is 10.3. The summed E-state index contributed by atoms with van der Waals surface area (Å²) in [6.07, 6.45) is 0. The lowest BCUT2D eigenvalue weighted by Gasteiger charge is -1.88. The Labute approximate surface area is 81.6 Å². The van der Waals surface area contributed by atoms with Crippen molar-refractivity contribution in [3.63, 3.8) is 0 Å². The standard InChI is InChI=1S/C8H3BrN2S/c9-5-2-1-3-6-8(5)11-7(4-10)12-6/h1-3H. The molecule has 0 fully saturated rings. The molecule has 0 aliphatic heterocycles. The molecular weight excluding hydrogens is 236 g/mol. The average molecular weight is 239 g/mol. The molecule has 12 heavy (non-hydrogen) atoms. The molecule has 1 heterocycles. The summed E-state index contributed by atoms with van der Waals surface area (Å²) in [6, 6.07) is 7.84. The van der Waals surface area contributed by atoms with Crippen molar-refractivity contribution in [1.82, 2.24) is 4.98 Å². The van der Waals surface area contributed by atoms with Crippen molar-refractivity contribution >= 4 is 37.5 Å². The van der Waals surface area contributed by atoms with Gasteiger partial charge < -0.3 is 0 Å². The summed E-state index contributed by atoms with van der Waals surface area (Å²) < 4.78 is 1.98. The van der Waals surface area contributed by atoms with E-state index >= 15 is 0 Å². The first-order valence-electron chi connectivity index (χ1n) is 3.26. The number of hydrogen-bond donors (Lipinski definition) is 0. The molecule has 2 aromatic rings. The Bertz CT molecular complexity index is 469. The Kier molecular flexibility index (Phi) is 1.83. The topological polar surface area (TPSA) is 36.7 Å². The summed E-state index contributed by atoms with van der Waals surface area (Å²) >= 11 is 4.78. The van der Waals surface area contributed by atoms with E-state index in [0.29, 0.717) is 5.01 Å². The molecular formula is C8H3BrN2S. The first kappa shape index (κ1) is 7.71. The normalized spacial score (nSPS) is 10.0. The van der Waals surface area contributed by atoms with Crippen LogP contribution in [-0.4, -0.2) is 4.98 Å². The monoisotopic (exact) mass is 238 g/mol. The molecule has 0 unspecified atom stereocenters. The molecule has 0 aliphatic rings. The van der Waals surface area contributed by atoms with Crippen molar-refractivity contribution in [1.29, 1.82) is 5.26 Å². The number of fused-ring (bicyclic) bond motifs is 1.